The molecule has 3 N–H and O–H groups in total. The highest BCUT2D eigenvalue weighted by Gasteiger charge is 2.33. The number of hydrogen-bond donors (Lipinski definition) is 2. The van der Waals surface area contributed by atoms with E-state index in [9.17, 15) is 0 Å². The van der Waals surface area contributed by atoms with Crippen molar-refractivity contribution in [3.8, 4) is 0 Å². The molecule has 0 bridgehead atoms. The molecule has 1 heterocycles. The summed E-state index contributed by atoms with van der Waals surface area (Å²) < 4.78 is 0. The van der Waals surface area contributed by atoms with Gasteiger partial charge in [0, 0.05) is 28.6 Å². The third-order valence-electron chi connectivity index (χ3n) is 5.91. The highest BCUT2D eigenvalue weighted by Crippen LogP contribution is 2.40. The standard InChI is InChI=1S/C19H26N2/c20-13-19(10-4-1-5-11-19)14-8-9-18-16(12-14)15-6-2-3-7-17(15)21-18/h8-9,12,21H,1-7,10-11,13,20H2. The van der Waals surface area contributed by atoms with Crippen molar-refractivity contribution < 1.29 is 0 Å². The van der Waals surface area contributed by atoms with Crippen molar-refractivity contribution in [1.82, 2.24) is 4.98 Å². The molecule has 2 aromatic rings. The van der Waals surface area contributed by atoms with Crippen molar-refractivity contribution in [2.24, 2.45) is 5.73 Å². The Hall–Kier alpha value is -1.28. The number of aryl methyl sites for hydroxylation is 2. The molecule has 1 aromatic carbocycles. The lowest BCUT2D eigenvalue weighted by atomic mass is 9.69. The van der Waals surface area contributed by atoms with Crippen LogP contribution in [0.3, 0.4) is 0 Å². The summed E-state index contributed by atoms with van der Waals surface area (Å²) in [6.07, 6.45) is 11.7. The Balaban J connectivity index is 1.82. The smallest absolute Gasteiger partial charge is 0.0459 e. The Morgan fingerprint density at radius 1 is 1.00 bits per heavy atom. The van der Waals surface area contributed by atoms with Gasteiger partial charge in [-0.3, -0.25) is 0 Å². The van der Waals surface area contributed by atoms with Crippen LogP contribution in [-0.4, -0.2) is 11.5 Å². The van der Waals surface area contributed by atoms with E-state index in [1.54, 1.807) is 5.56 Å². The fraction of sp³-hybridized carbons (Fsp3) is 0.579. The van der Waals surface area contributed by atoms with E-state index >= 15 is 0 Å². The summed E-state index contributed by atoms with van der Waals surface area (Å²) in [7, 11) is 0. The van der Waals surface area contributed by atoms with Gasteiger partial charge >= 0.3 is 0 Å². The number of nitrogens with one attached hydrogen (secondary N) is 1. The van der Waals surface area contributed by atoms with Crippen LogP contribution in [0.1, 0.15) is 61.8 Å². The first-order valence-corrected chi connectivity index (χ1v) is 8.66. The van der Waals surface area contributed by atoms with Crippen LogP contribution in [0.5, 0.6) is 0 Å². The monoisotopic (exact) mass is 282 g/mol. The van der Waals surface area contributed by atoms with Gasteiger partial charge in [-0.1, -0.05) is 25.3 Å². The number of benzene rings is 1. The molecule has 1 saturated carbocycles. The SMILES string of the molecule is NCC1(c2ccc3[nH]c4c(c3c2)CCCC4)CCCCC1. The summed E-state index contributed by atoms with van der Waals surface area (Å²) in [5, 5.41) is 1.47. The van der Waals surface area contributed by atoms with Crippen LogP contribution in [0.15, 0.2) is 18.2 Å². The minimum atomic E-state index is 0.241. The van der Waals surface area contributed by atoms with Crippen LogP contribution in [0.4, 0.5) is 0 Å². The first-order chi connectivity index (χ1) is 10.3. The topological polar surface area (TPSA) is 41.8 Å². The Kier molecular flexibility index (Phi) is 3.30. The van der Waals surface area contributed by atoms with Crippen molar-refractivity contribution in [3.63, 3.8) is 0 Å². The molecule has 0 spiro atoms. The quantitative estimate of drug-likeness (QED) is 0.851. The molecule has 2 aliphatic rings. The van der Waals surface area contributed by atoms with Gasteiger partial charge in [0.05, 0.1) is 0 Å². The molecule has 4 rings (SSSR count). The number of rotatable bonds is 2. The summed E-state index contributed by atoms with van der Waals surface area (Å²) >= 11 is 0. The molecule has 0 saturated heterocycles. The molecule has 0 unspecified atom stereocenters. The molecule has 2 aliphatic carbocycles. The summed E-state index contributed by atoms with van der Waals surface area (Å²) in [6.45, 7) is 0.797. The van der Waals surface area contributed by atoms with Crippen LogP contribution < -0.4 is 5.73 Å². The van der Waals surface area contributed by atoms with Gasteiger partial charge in [0.1, 0.15) is 0 Å². The molecule has 2 heteroatoms. The molecule has 0 aliphatic heterocycles. The Morgan fingerprint density at radius 3 is 2.62 bits per heavy atom. The highest BCUT2D eigenvalue weighted by atomic mass is 14.7. The zero-order valence-corrected chi connectivity index (χ0v) is 12.9. The Labute approximate surface area is 127 Å². The Morgan fingerprint density at radius 2 is 1.81 bits per heavy atom. The van der Waals surface area contributed by atoms with E-state index < -0.39 is 0 Å². The third kappa shape index (κ3) is 2.12. The van der Waals surface area contributed by atoms with Crippen molar-refractivity contribution in [2.75, 3.05) is 6.54 Å². The molecular weight excluding hydrogens is 256 g/mol. The fourth-order valence-corrected chi connectivity index (χ4v) is 4.58. The van der Waals surface area contributed by atoms with Gasteiger partial charge in [-0.05, 0) is 61.8 Å². The first kappa shape index (κ1) is 13.4. The number of fused-ring (bicyclic) bond motifs is 3. The zero-order chi connectivity index (χ0) is 14.3. The lowest BCUT2D eigenvalue weighted by Crippen LogP contribution is -2.37. The number of hydrogen-bond acceptors (Lipinski definition) is 1. The van der Waals surface area contributed by atoms with Crippen molar-refractivity contribution >= 4 is 10.9 Å². The molecule has 0 atom stereocenters. The normalized spacial score (nSPS) is 21.4. The van der Waals surface area contributed by atoms with Gasteiger partial charge in [-0.15, -0.1) is 0 Å². The van der Waals surface area contributed by atoms with E-state index in [-0.39, 0.29) is 5.41 Å². The summed E-state index contributed by atoms with van der Waals surface area (Å²) in [5.41, 5.74) is 12.3. The predicted molar refractivity (Wildman–Crippen MR) is 88.8 cm³/mol. The van der Waals surface area contributed by atoms with Gasteiger partial charge in [-0.2, -0.15) is 0 Å². The largest absolute Gasteiger partial charge is 0.358 e. The van der Waals surface area contributed by atoms with Crippen LogP contribution >= 0.6 is 0 Å². The van der Waals surface area contributed by atoms with Gasteiger partial charge < -0.3 is 10.7 Å². The van der Waals surface area contributed by atoms with Crippen LogP contribution in [0.2, 0.25) is 0 Å². The lowest BCUT2D eigenvalue weighted by Gasteiger charge is -2.37. The van der Waals surface area contributed by atoms with E-state index in [1.165, 1.54) is 79.9 Å². The summed E-state index contributed by atoms with van der Waals surface area (Å²) in [5.74, 6) is 0. The second kappa shape index (κ2) is 5.17. The van der Waals surface area contributed by atoms with Crippen molar-refractivity contribution in [3.05, 3.63) is 35.0 Å². The maximum Gasteiger partial charge on any atom is 0.0459 e. The maximum absolute atomic E-state index is 6.22. The van der Waals surface area contributed by atoms with Crippen molar-refractivity contribution in [2.45, 2.75) is 63.2 Å². The predicted octanol–water partition coefficient (Wildman–Crippen LogP) is 4.21. The maximum atomic E-state index is 6.22. The first-order valence-electron chi connectivity index (χ1n) is 8.66. The fourth-order valence-electron chi connectivity index (χ4n) is 4.58. The molecule has 0 amide bonds. The lowest BCUT2D eigenvalue weighted by molar-refractivity contribution is 0.301. The summed E-state index contributed by atoms with van der Waals surface area (Å²) in [4.78, 5) is 3.65. The molecule has 0 radical (unpaired) electrons. The minimum Gasteiger partial charge on any atom is -0.358 e. The van der Waals surface area contributed by atoms with E-state index in [0.717, 1.165) is 6.54 Å². The van der Waals surface area contributed by atoms with Crippen LogP contribution in [0, 0.1) is 0 Å². The molecular formula is C19H26N2. The minimum absolute atomic E-state index is 0.241. The molecule has 21 heavy (non-hydrogen) atoms. The average Bonchev–Trinajstić information content (AvgIpc) is 2.93. The van der Waals surface area contributed by atoms with Gasteiger partial charge in [0.2, 0.25) is 0 Å². The van der Waals surface area contributed by atoms with Crippen LogP contribution in [0.25, 0.3) is 10.9 Å². The van der Waals surface area contributed by atoms with Crippen molar-refractivity contribution in [1.29, 1.82) is 0 Å². The Bertz CT molecular complexity index is 647. The van der Waals surface area contributed by atoms with Crippen LogP contribution in [-0.2, 0) is 18.3 Å². The highest BCUT2D eigenvalue weighted by molar-refractivity contribution is 5.86. The second-order valence-electron chi connectivity index (χ2n) is 7.09. The molecule has 1 fully saturated rings. The molecule has 112 valence electrons. The zero-order valence-electron chi connectivity index (χ0n) is 12.9. The molecule has 2 nitrogen and oxygen atoms in total. The van der Waals surface area contributed by atoms with E-state index in [1.807, 2.05) is 0 Å². The average molecular weight is 282 g/mol. The number of aromatic nitrogens is 1. The second-order valence-corrected chi connectivity index (χ2v) is 7.09. The third-order valence-corrected chi connectivity index (χ3v) is 5.91. The van der Waals surface area contributed by atoms with Gasteiger partial charge in [-0.25, -0.2) is 0 Å². The molecule has 1 aromatic heterocycles. The summed E-state index contributed by atoms with van der Waals surface area (Å²) in [6, 6.07) is 7.10. The van der Waals surface area contributed by atoms with Gasteiger partial charge in [0.25, 0.3) is 0 Å². The van der Waals surface area contributed by atoms with E-state index in [0.29, 0.717) is 0 Å². The number of aromatic amines is 1. The van der Waals surface area contributed by atoms with Gasteiger partial charge in [0.15, 0.2) is 0 Å². The number of nitrogens with two attached hydrogens (primary N) is 1. The van der Waals surface area contributed by atoms with E-state index in [4.69, 9.17) is 5.73 Å². The number of H-pyrrole nitrogens is 1. The van der Waals surface area contributed by atoms with E-state index in [2.05, 4.69) is 23.2 Å².